The number of hydrogen-bond donors (Lipinski definition) is 6. The van der Waals surface area contributed by atoms with Crippen LogP contribution < -0.4 is 0 Å². The number of aliphatic carboxylic acids is 1. The zero-order chi connectivity index (χ0) is 26.2. The first kappa shape index (κ1) is 27.3. The molecule has 2 fully saturated rings. The van der Waals surface area contributed by atoms with E-state index in [9.17, 15) is 45.0 Å². The number of hydrogen-bond acceptors (Lipinski definition) is 13. The molecule has 198 valence electrons. The third kappa shape index (κ3) is 5.28. The Hall–Kier alpha value is -2.33. The lowest BCUT2D eigenvalue weighted by molar-refractivity contribution is -0.345. The van der Waals surface area contributed by atoms with Gasteiger partial charge in [0.15, 0.2) is 11.9 Å². The summed E-state index contributed by atoms with van der Waals surface area (Å²) in [5, 5.41) is 59.9. The van der Waals surface area contributed by atoms with E-state index in [0.29, 0.717) is 0 Å². The minimum atomic E-state index is -2.22. The summed E-state index contributed by atoms with van der Waals surface area (Å²) < 4.78 is 26.9. The van der Waals surface area contributed by atoms with Gasteiger partial charge in [-0.2, -0.15) is 0 Å². The van der Waals surface area contributed by atoms with Crippen LogP contribution in [-0.2, 0) is 38.1 Å². The monoisotopic (exact) mass is 506 g/mol. The maximum absolute atomic E-state index is 12.7. The SMILES string of the molecule is CC1OC(=O)C(C)(O)C(C)OC(=O)CC2C(C(=O)O)=COC(OC3OC(CO)C(O)C(O)C3O)C12. The molecule has 3 heterocycles. The Morgan fingerprint density at radius 2 is 1.77 bits per heavy atom. The summed E-state index contributed by atoms with van der Waals surface area (Å²) in [4.78, 5) is 37.1. The second-order valence-electron chi connectivity index (χ2n) is 8.99. The molecule has 11 atom stereocenters. The summed E-state index contributed by atoms with van der Waals surface area (Å²) in [7, 11) is 0. The molecule has 6 N–H and O–H groups in total. The Bertz CT molecular complexity index is 853. The first-order valence-corrected chi connectivity index (χ1v) is 11.0. The topological polar surface area (TPSA) is 219 Å². The van der Waals surface area contributed by atoms with Crippen molar-refractivity contribution in [2.24, 2.45) is 11.8 Å². The second-order valence-corrected chi connectivity index (χ2v) is 8.99. The van der Waals surface area contributed by atoms with Gasteiger partial charge in [0.25, 0.3) is 0 Å². The van der Waals surface area contributed by atoms with Crippen molar-refractivity contribution < 1.29 is 68.7 Å². The molecule has 2 saturated heterocycles. The zero-order valence-corrected chi connectivity index (χ0v) is 19.2. The average molecular weight is 506 g/mol. The summed E-state index contributed by atoms with van der Waals surface area (Å²) in [5.74, 6) is -5.84. The van der Waals surface area contributed by atoms with Gasteiger partial charge in [-0.05, 0) is 20.8 Å². The smallest absolute Gasteiger partial charge is 0.342 e. The normalized spacial score (nSPS) is 44.7. The van der Waals surface area contributed by atoms with Crippen LogP contribution in [0.3, 0.4) is 0 Å². The van der Waals surface area contributed by atoms with Crippen molar-refractivity contribution in [1.82, 2.24) is 0 Å². The Balaban J connectivity index is 1.97. The largest absolute Gasteiger partial charge is 0.478 e. The van der Waals surface area contributed by atoms with Crippen LogP contribution in [0.5, 0.6) is 0 Å². The summed E-state index contributed by atoms with van der Waals surface area (Å²) >= 11 is 0. The zero-order valence-electron chi connectivity index (χ0n) is 19.2. The standard InChI is InChI=1S/C21H30O14/c1-7-13-9(4-12(23)33-8(2)21(3,30)20(29)32-7)10(17(27)28)6-31-18(13)35-19-16(26)15(25)14(24)11(5-22)34-19/h6-9,11,13-16,18-19,22,24-26,30H,4-5H2,1-3H3,(H,27,28). The number of rotatable bonds is 4. The number of aliphatic hydroxyl groups excluding tert-OH is 4. The number of carbonyl (C=O) groups excluding carboxylic acids is 2. The predicted octanol–water partition coefficient (Wildman–Crippen LogP) is -2.62. The molecule has 0 radical (unpaired) electrons. The number of ether oxygens (including phenoxy) is 5. The van der Waals surface area contributed by atoms with Crippen molar-refractivity contribution in [1.29, 1.82) is 0 Å². The van der Waals surface area contributed by atoms with E-state index < -0.39 is 97.6 Å². The number of aliphatic hydroxyl groups is 5. The van der Waals surface area contributed by atoms with E-state index in [0.717, 1.165) is 13.2 Å². The quantitative estimate of drug-likeness (QED) is 0.215. The maximum atomic E-state index is 12.7. The highest BCUT2D eigenvalue weighted by molar-refractivity contribution is 5.88. The highest BCUT2D eigenvalue weighted by Crippen LogP contribution is 2.40. The molecule has 14 nitrogen and oxygen atoms in total. The lowest BCUT2D eigenvalue weighted by Crippen LogP contribution is -2.61. The van der Waals surface area contributed by atoms with E-state index in [4.69, 9.17) is 23.7 Å². The van der Waals surface area contributed by atoms with Gasteiger partial charge in [0.05, 0.1) is 30.8 Å². The van der Waals surface area contributed by atoms with Gasteiger partial charge in [0, 0.05) is 5.92 Å². The fourth-order valence-corrected chi connectivity index (χ4v) is 4.23. The molecule has 11 unspecified atom stereocenters. The molecule has 0 amide bonds. The summed E-state index contributed by atoms with van der Waals surface area (Å²) in [6.45, 7) is 3.03. The van der Waals surface area contributed by atoms with Crippen LogP contribution in [0.25, 0.3) is 0 Å². The molecule has 0 bridgehead atoms. The number of esters is 2. The highest BCUT2D eigenvalue weighted by Gasteiger charge is 2.52. The van der Waals surface area contributed by atoms with Gasteiger partial charge < -0.3 is 54.3 Å². The summed E-state index contributed by atoms with van der Waals surface area (Å²) in [6, 6.07) is 0. The predicted molar refractivity (Wildman–Crippen MR) is 109 cm³/mol. The number of cyclic esters (lactones) is 2. The van der Waals surface area contributed by atoms with Crippen molar-refractivity contribution in [2.45, 2.75) is 82.0 Å². The maximum Gasteiger partial charge on any atom is 0.342 e. The lowest BCUT2D eigenvalue weighted by Gasteiger charge is -2.45. The van der Waals surface area contributed by atoms with E-state index >= 15 is 0 Å². The third-order valence-corrected chi connectivity index (χ3v) is 6.61. The molecular formula is C21H30O14. The van der Waals surface area contributed by atoms with E-state index in [1.54, 1.807) is 0 Å². The van der Waals surface area contributed by atoms with Gasteiger partial charge in [-0.15, -0.1) is 0 Å². The molecule has 3 aliphatic rings. The van der Waals surface area contributed by atoms with Crippen LogP contribution in [0, 0.1) is 11.8 Å². The van der Waals surface area contributed by atoms with Crippen molar-refractivity contribution >= 4 is 17.9 Å². The van der Waals surface area contributed by atoms with Gasteiger partial charge in [-0.1, -0.05) is 0 Å². The van der Waals surface area contributed by atoms with Crippen molar-refractivity contribution in [3.8, 4) is 0 Å². The van der Waals surface area contributed by atoms with E-state index in [1.165, 1.54) is 13.8 Å². The van der Waals surface area contributed by atoms with Crippen LogP contribution in [0.2, 0.25) is 0 Å². The van der Waals surface area contributed by atoms with Crippen molar-refractivity contribution in [2.75, 3.05) is 6.61 Å². The molecular weight excluding hydrogens is 476 g/mol. The number of carbonyl (C=O) groups is 3. The van der Waals surface area contributed by atoms with Crippen LogP contribution in [0.4, 0.5) is 0 Å². The Morgan fingerprint density at radius 1 is 1.11 bits per heavy atom. The molecule has 0 aromatic carbocycles. The van der Waals surface area contributed by atoms with E-state index in [2.05, 4.69) is 0 Å². The Kier molecular flexibility index (Phi) is 8.06. The van der Waals surface area contributed by atoms with Gasteiger partial charge in [0.1, 0.15) is 36.6 Å². The molecule has 0 aromatic rings. The fourth-order valence-electron chi connectivity index (χ4n) is 4.23. The molecule has 0 saturated carbocycles. The van der Waals surface area contributed by atoms with Crippen molar-refractivity contribution in [3.05, 3.63) is 11.8 Å². The Morgan fingerprint density at radius 3 is 2.37 bits per heavy atom. The molecule has 0 spiro atoms. The van der Waals surface area contributed by atoms with Gasteiger partial charge >= 0.3 is 17.9 Å². The molecule has 0 aromatic heterocycles. The molecule has 3 rings (SSSR count). The van der Waals surface area contributed by atoms with E-state index in [-0.39, 0.29) is 5.57 Å². The number of carboxylic acids is 1. The van der Waals surface area contributed by atoms with Crippen LogP contribution in [0.15, 0.2) is 11.8 Å². The Labute approximate surface area is 199 Å². The average Bonchev–Trinajstić information content (AvgIpc) is 2.78. The second kappa shape index (κ2) is 10.3. The van der Waals surface area contributed by atoms with Gasteiger partial charge in [-0.3, -0.25) is 4.79 Å². The lowest BCUT2D eigenvalue weighted by atomic mass is 9.78. The van der Waals surface area contributed by atoms with Crippen molar-refractivity contribution in [3.63, 3.8) is 0 Å². The summed E-state index contributed by atoms with van der Waals surface area (Å²) in [6.07, 6.45) is -11.8. The number of fused-ring (bicyclic) bond motifs is 1. The summed E-state index contributed by atoms with van der Waals surface area (Å²) in [5.41, 5.74) is -2.56. The van der Waals surface area contributed by atoms with Crippen LogP contribution in [-0.4, -0.2) is 110 Å². The number of carboxylic acid groups (broad SMARTS) is 1. The van der Waals surface area contributed by atoms with E-state index in [1.807, 2.05) is 0 Å². The minimum Gasteiger partial charge on any atom is -0.478 e. The molecule has 0 aliphatic carbocycles. The highest BCUT2D eigenvalue weighted by atomic mass is 16.8. The van der Waals surface area contributed by atoms with Gasteiger partial charge in [-0.25, -0.2) is 9.59 Å². The molecule has 3 aliphatic heterocycles. The minimum absolute atomic E-state index is 0.344. The first-order chi connectivity index (χ1) is 16.3. The molecule has 14 heteroatoms. The molecule has 35 heavy (non-hydrogen) atoms. The third-order valence-electron chi connectivity index (χ3n) is 6.61. The van der Waals surface area contributed by atoms with Crippen LogP contribution in [0.1, 0.15) is 27.2 Å². The van der Waals surface area contributed by atoms with Gasteiger partial charge in [0.2, 0.25) is 6.29 Å². The van der Waals surface area contributed by atoms with Crippen LogP contribution >= 0.6 is 0 Å². The fraction of sp³-hybridized carbons (Fsp3) is 0.762. The first-order valence-electron chi connectivity index (χ1n) is 11.0.